The third-order valence-electron chi connectivity index (χ3n) is 5.02. The Kier molecular flexibility index (Phi) is 7.51. The van der Waals surface area contributed by atoms with E-state index in [0.717, 1.165) is 19.3 Å². The fourth-order valence-corrected chi connectivity index (χ4v) is 4.41. The molecule has 0 amide bonds. The van der Waals surface area contributed by atoms with Crippen molar-refractivity contribution in [3.63, 3.8) is 0 Å². The van der Waals surface area contributed by atoms with Gasteiger partial charge in [0.05, 0.1) is 15.7 Å². The predicted molar refractivity (Wildman–Crippen MR) is 111 cm³/mol. The van der Waals surface area contributed by atoms with E-state index in [9.17, 15) is 28.0 Å². The molecule has 2 aromatic rings. The second-order valence-electron chi connectivity index (χ2n) is 7.16. The Balaban J connectivity index is 1.92. The van der Waals surface area contributed by atoms with Crippen LogP contribution in [0, 0.1) is 11.3 Å². The summed E-state index contributed by atoms with van der Waals surface area (Å²) in [5.41, 5.74) is -1.44. The maximum atomic E-state index is 13.8. The molecule has 0 saturated heterocycles. The molecule has 0 N–H and O–H groups in total. The van der Waals surface area contributed by atoms with Crippen LogP contribution in [0.3, 0.4) is 0 Å². The highest BCUT2D eigenvalue weighted by Gasteiger charge is 2.41. The van der Waals surface area contributed by atoms with E-state index in [-0.39, 0.29) is 16.8 Å². The highest BCUT2D eigenvalue weighted by Crippen LogP contribution is 2.43. The van der Waals surface area contributed by atoms with Gasteiger partial charge in [-0.15, -0.1) is 0 Å². The molecule has 3 rings (SSSR count). The Morgan fingerprint density at radius 3 is 2.34 bits per heavy atom. The number of carbonyl (C=O) groups excluding carboxylic acids is 2. The van der Waals surface area contributed by atoms with E-state index >= 15 is 0 Å². The second-order valence-corrected chi connectivity index (χ2v) is 8.39. The third-order valence-corrected chi connectivity index (χ3v) is 6.04. The molecule has 0 unspecified atom stereocenters. The summed E-state index contributed by atoms with van der Waals surface area (Å²) in [6.45, 7) is -0.953. The molecule has 1 saturated carbocycles. The van der Waals surface area contributed by atoms with Gasteiger partial charge in [-0.3, -0.25) is 0 Å². The normalized spacial score (nSPS) is 14.6. The minimum Gasteiger partial charge on any atom is -0.454 e. The molecule has 1 aliphatic carbocycles. The molecule has 0 radical (unpaired) electrons. The first-order valence-electron chi connectivity index (χ1n) is 9.66. The highest BCUT2D eigenvalue weighted by molar-refractivity contribution is 9.10. The van der Waals surface area contributed by atoms with Crippen LogP contribution in [-0.2, 0) is 32.0 Å². The molecule has 0 spiro atoms. The van der Waals surface area contributed by atoms with Gasteiger partial charge >= 0.3 is 18.1 Å². The van der Waals surface area contributed by atoms with Crippen molar-refractivity contribution in [2.24, 2.45) is 0 Å². The van der Waals surface area contributed by atoms with E-state index in [1.54, 1.807) is 6.07 Å². The molecule has 0 atom stereocenters. The monoisotopic (exact) mass is 532 g/mol. The number of hydrogen-bond donors (Lipinski definition) is 0. The van der Waals surface area contributed by atoms with Crippen LogP contribution >= 0.6 is 27.5 Å². The van der Waals surface area contributed by atoms with Gasteiger partial charge in [-0.2, -0.15) is 18.4 Å². The van der Waals surface area contributed by atoms with E-state index in [0.29, 0.717) is 22.4 Å². The molecule has 1 fully saturated rings. The lowest BCUT2D eigenvalue weighted by Crippen LogP contribution is -2.28. The van der Waals surface area contributed by atoms with Gasteiger partial charge in [0.25, 0.3) is 0 Å². The van der Waals surface area contributed by atoms with Gasteiger partial charge in [0.2, 0.25) is 0 Å². The lowest BCUT2D eigenvalue weighted by atomic mass is 9.98. The molecule has 1 aromatic carbocycles. The minimum atomic E-state index is -4.88. The summed E-state index contributed by atoms with van der Waals surface area (Å²) in [7, 11) is 0. The van der Waals surface area contributed by atoms with Crippen molar-refractivity contribution >= 4 is 39.5 Å². The van der Waals surface area contributed by atoms with E-state index in [4.69, 9.17) is 21.1 Å². The first kappa shape index (κ1) is 24.1. The van der Waals surface area contributed by atoms with E-state index in [1.807, 2.05) is 0 Å². The Labute approximate surface area is 195 Å². The largest absolute Gasteiger partial charge is 0.454 e. The van der Waals surface area contributed by atoms with Crippen LogP contribution in [0.1, 0.15) is 43.4 Å². The molecule has 1 heterocycles. The maximum absolute atomic E-state index is 13.8. The molecule has 6 nitrogen and oxygen atoms in total. The number of nitrogens with zero attached hydrogens (tertiary/aromatic N) is 2. The van der Waals surface area contributed by atoms with Gasteiger partial charge in [-0.25, -0.2) is 9.59 Å². The van der Waals surface area contributed by atoms with Crippen LogP contribution in [0.15, 0.2) is 28.7 Å². The SMILES string of the molecule is N#Cc1c(Br)c(C(F)(F)F)n(COC(=O)C(=O)OC2CCCCC2)c1-c1ccc(Cl)cc1. The number of nitriles is 1. The van der Waals surface area contributed by atoms with Gasteiger partial charge in [0.1, 0.15) is 17.9 Å². The van der Waals surface area contributed by atoms with E-state index in [2.05, 4.69) is 15.9 Å². The highest BCUT2D eigenvalue weighted by atomic mass is 79.9. The van der Waals surface area contributed by atoms with Gasteiger partial charge in [0.15, 0.2) is 6.73 Å². The first-order chi connectivity index (χ1) is 15.1. The number of hydrogen-bond acceptors (Lipinski definition) is 5. The summed E-state index contributed by atoms with van der Waals surface area (Å²) >= 11 is 8.70. The molecule has 0 bridgehead atoms. The molecular formula is C21H17BrClF3N2O4. The number of esters is 2. The summed E-state index contributed by atoms with van der Waals surface area (Å²) < 4.78 is 51.5. The van der Waals surface area contributed by atoms with Gasteiger partial charge < -0.3 is 14.0 Å². The first-order valence-corrected chi connectivity index (χ1v) is 10.8. The Morgan fingerprint density at radius 1 is 1.16 bits per heavy atom. The molecule has 170 valence electrons. The lowest BCUT2D eigenvalue weighted by molar-refractivity contribution is -0.175. The Bertz CT molecular complexity index is 1050. The molecule has 11 heteroatoms. The zero-order valence-electron chi connectivity index (χ0n) is 16.5. The van der Waals surface area contributed by atoms with Crippen LogP contribution in [0.2, 0.25) is 5.02 Å². The zero-order valence-corrected chi connectivity index (χ0v) is 18.9. The van der Waals surface area contributed by atoms with Crippen molar-refractivity contribution in [2.45, 2.75) is 51.1 Å². The van der Waals surface area contributed by atoms with Crippen LogP contribution in [-0.4, -0.2) is 22.6 Å². The number of alkyl halides is 3. The zero-order chi connectivity index (χ0) is 23.5. The average molecular weight is 534 g/mol. The Morgan fingerprint density at radius 2 is 1.78 bits per heavy atom. The number of halogens is 5. The van der Waals surface area contributed by atoms with Gasteiger partial charge in [-0.1, -0.05) is 30.2 Å². The van der Waals surface area contributed by atoms with E-state index in [1.165, 1.54) is 24.3 Å². The van der Waals surface area contributed by atoms with Crippen molar-refractivity contribution in [1.29, 1.82) is 5.26 Å². The summed E-state index contributed by atoms with van der Waals surface area (Å²) in [5.74, 6) is -2.67. The number of rotatable bonds is 4. The third kappa shape index (κ3) is 5.27. The molecule has 32 heavy (non-hydrogen) atoms. The second kappa shape index (κ2) is 9.96. The van der Waals surface area contributed by atoms with Crippen LogP contribution in [0.4, 0.5) is 13.2 Å². The standard InChI is InChI=1S/C21H17BrClF3N2O4/c22-16-15(10-27)17(12-6-8-13(23)9-7-12)28(18(16)21(24,25)26)11-31-19(29)20(30)32-14-4-2-1-3-5-14/h6-9,14H,1-5,11H2. The quantitative estimate of drug-likeness (QED) is 0.364. The van der Waals surface area contributed by atoms with Crippen LogP contribution in [0.5, 0.6) is 0 Å². The van der Waals surface area contributed by atoms with Gasteiger partial charge in [-0.05, 0) is 59.3 Å². The van der Waals surface area contributed by atoms with Crippen molar-refractivity contribution in [1.82, 2.24) is 4.57 Å². The summed E-state index contributed by atoms with van der Waals surface area (Å²) in [5, 5.41) is 9.84. The van der Waals surface area contributed by atoms with E-state index < -0.39 is 41.1 Å². The minimum absolute atomic E-state index is 0.142. The van der Waals surface area contributed by atoms with Crippen molar-refractivity contribution < 1.29 is 32.2 Å². The summed E-state index contributed by atoms with van der Waals surface area (Å²) in [6.07, 6.45) is -1.33. The van der Waals surface area contributed by atoms with Crippen LogP contribution < -0.4 is 0 Å². The van der Waals surface area contributed by atoms with Crippen molar-refractivity contribution in [2.75, 3.05) is 0 Å². The van der Waals surface area contributed by atoms with Crippen LogP contribution in [0.25, 0.3) is 11.3 Å². The topological polar surface area (TPSA) is 81.3 Å². The maximum Gasteiger partial charge on any atom is 0.432 e. The Hall–Kier alpha value is -2.51. The summed E-state index contributed by atoms with van der Waals surface area (Å²) in [6, 6.07) is 7.50. The molecule has 0 aliphatic heterocycles. The molecule has 1 aliphatic rings. The number of ether oxygens (including phenoxy) is 2. The smallest absolute Gasteiger partial charge is 0.432 e. The number of carbonyl (C=O) groups is 2. The summed E-state index contributed by atoms with van der Waals surface area (Å²) in [4.78, 5) is 24.1. The predicted octanol–water partition coefficient (Wildman–Crippen LogP) is 5.84. The fourth-order valence-electron chi connectivity index (χ4n) is 3.57. The van der Waals surface area contributed by atoms with Gasteiger partial charge in [0, 0.05) is 5.02 Å². The average Bonchev–Trinajstić information content (AvgIpc) is 3.04. The fraction of sp³-hybridized carbons (Fsp3) is 0.381. The number of aromatic nitrogens is 1. The lowest BCUT2D eigenvalue weighted by Gasteiger charge is -2.21. The van der Waals surface area contributed by atoms with Crippen molar-refractivity contribution in [3.8, 4) is 17.3 Å². The van der Waals surface area contributed by atoms with Crippen molar-refractivity contribution in [3.05, 3.63) is 45.0 Å². The number of benzene rings is 1. The molecule has 1 aromatic heterocycles. The molecular weight excluding hydrogens is 517 g/mol.